The zero-order chi connectivity index (χ0) is 13.6. The second kappa shape index (κ2) is 4.10. The molecule has 19 heavy (non-hydrogen) atoms. The summed E-state index contributed by atoms with van der Waals surface area (Å²) in [6.07, 6.45) is 1.66. The molecule has 4 nitrogen and oxygen atoms in total. The highest BCUT2D eigenvalue weighted by Crippen LogP contribution is 2.32. The van der Waals surface area contributed by atoms with Crippen molar-refractivity contribution >= 4 is 17.5 Å². The second-order valence-corrected chi connectivity index (χ2v) is 5.79. The number of rotatable bonds is 1. The predicted molar refractivity (Wildman–Crippen MR) is 74.4 cm³/mol. The fourth-order valence-corrected chi connectivity index (χ4v) is 2.55. The summed E-state index contributed by atoms with van der Waals surface area (Å²) in [4.78, 5) is 19.2. The minimum atomic E-state index is -0.0989. The number of aromatic amines is 1. The van der Waals surface area contributed by atoms with Gasteiger partial charge >= 0.3 is 0 Å². The monoisotopic (exact) mass is 275 g/mol. The van der Waals surface area contributed by atoms with Crippen LogP contribution < -0.4 is 5.32 Å². The summed E-state index contributed by atoms with van der Waals surface area (Å²) < 4.78 is 0. The van der Waals surface area contributed by atoms with Gasteiger partial charge in [-0.2, -0.15) is 0 Å². The molecule has 1 aliphatic heterocycles. The predicted octanol–water partition coefficient (Wildman–Crippen LogP) is 2.75. The van der Waals surface area contributed by atoms with Gasteiger partial charge in [-0.1, -0.05) is 25.4 Å². The average molecular weight is 276 g/mol. The Hall–Kier alpha value is -1.81. The summed E-state index contributed by atoms with van der Waals surface area (Å²) >= 11 is 5.90. The Morgan fingerprint density at radius 2 is 2.16 bits per heavy atom. The molecule has 2 N–H and O–H groups in total. The van der Waals surface area contributed by atoms with Crippen LogP contribution in [0, 0.1) is 0 Å². The van der Waals surface area contributed by atoms with E-state index in [9.17, 15) is 4.79 Å². The van der Waals surface area contributed by atoms with Crippen molar-refractivity contribution in [3.8, 4) is 11.3 Å². The van der Waals surface area contributed by atoms with E-state index in [4.69, 9.17) is 11.6 Å². The Morgan fingerprint density at radius 1 is 1.37 bits per heavy atom. The van der Waals surface area contributed by atoms with Gasteiger partial charge in [-0.15, -0.1) is 0 Å². The fourth-order valence-electron chi connectivity index (χ4n) is 2.38. The van der Waals surface area contributed by atoms with Crippen molar-refractivity contribution in [1.82, 2.24) is 15.3 Å². The lowest BCUT2D eigenvalue weighted by Crippen LogP contribution is -2.43. The minimum Gasteiger partial charge on any atom is -0.357 e. The first-order valence-electron chi connectivity index (χ1n) is 6.11. The van der Waals surface area contributed by atoms with Crippen molar-refractivity contribution in [3.63, 3.8) is 0 Å². The Balaban J connectivity index is 2.14. The maximum atomic E-state index is 11.9. The Bertz CT molecular complexity index is 660. The van der Waals surface area contributed by atoms with Crippen LogP contribution in [0.15, 0.2) is 24.4 Å². The van der Waals surface area contributed by atoms with Crippen LogP contribution in [0.5, 0.6) is 0 Å². The Kier molecular flexibility index (Phi) is 2.64. The van der Waals surface area contributed by atoms with Gasteiger partial charge in [-0.05, 0) is 18.2 Å². The van der Waals surface area contributed by atoms with Crippen molar-refractivity contribution in [3.05, 3.63) is 40.8 Å². The van der Waals surface area contributed by atoms with Gasteiger partial charge in [-0.3, -0.25) is 4.79 Å². The van der Waals surface area contributed by atoms with E-state index in [1.807, 2.05) is 12.1 Å². The molecule has 0 unspecified atom stereocenters. The molecule has 0 saturated heterocycles. The molecule has 0 radical (unpaired) electrons. The molecule has 2 aromatic rings. The number of fused-ring (bicyclic) bond motifs is 1. The maximum absolute atomic E-state index is 11.9. The first kappa shape index (κ1) is 12.2. The van der Waals surface area contributed by atoms with Gasteiger partial charge < -0.3 is 10.3 Å². The second-order valence-electron chi connectivity index (χ2n) is 5.41. The molecule has 0 bridgehead atoms. The molecule has 0 spiro atoms. The van der Waals surface area contributed by atoms with Gasteiger partial charge in [0.05, 0.1) is 5.56 Å². The number of hydrogen-bond donors (Lipinski definition) is 2. The number of H-pyrrole nitrogens is 1. The summed E-state index contributed by atoms with van der Waals surface area (Å²) in [6, 6.07) is 5.52. The van der Waals surface area contributed by atoms with E-state index < -0.39 is 0 Å². The topological polar surface area (TPSA) is 57.8 Å². The number of pyridine rings is 1. The third kappa shape index (κ3) is 2.02. The number of nitrogens with zero attached hydrogens (tertiary/aromatic N) is 1. The molecule has 2 aromatic heterocycles. The highest BCUT2D eigenvalue weighted by molar-refractivity contribution is 6.29. The summed E-state index contributed by atoms with van der Waals surface area (Å²) in [5, 5.41) is 3.35. The molecule has 1 aliphatic rings. The van der Waals surface area contributed by atoms with E-state index in [2.05, 4.69) is 29.1 Å². The molecule has 1 amide bonds. The Morgan fingerprint density at radius 3 is 2.84 bits per heavy atom. The summed E-state index contributed by atoms with van der Waals surface area (Å²) in [6.45, 7) is 4.84. The van der Waals surface area contributed by atoms with E-state index in [-0.39, 0.29) is 11.3 Å². The number of carbonyl (C=O) groups is 1. The highest BCUT2D eigenvalue weighted by Gasteiger charge is 2.33. The first-order valence-corrected chi connectivity index (χ1v) is 6.49. The van der Waals surface area contributed by atoms with Crippen molar-refractivity contribution in [2.45, 2.75) is 19.3 Å². The van der Waals surface area contributed by atoms with E-state index in [0.29, 0.717) is 17.3 Å². The van der Waals surface area contributed by atoms with Gasteiger partial charge in [0.2, 0.25) is 0 Å². The molecule has 0 atom stereocenters. The normalized spacial score (nSPS) is 16.9. The van der Waals surface area contributed by atoms with Crippen LogP contribution in [0.4, 0.5) is 0 Å². The van der Waals surface area contributed by atoms with E-state index in [1.165, 1.54) is 0 Å². The molecular formula is C14H14ClN3O. The molecule has 0 aromatic carbocycles. The van der Waals surface area contributed by atoms with E-state index in [1.54, 1.807) is 12.3 Å². The van der Waals surface area contributed by atoms with Crippen LogP contribution in [0.25, 0.3) is 11.3 Å². The van der Waals surface area contributed by atoms with Gasteiger partial charge in [0.1, 0.15) is 5.15 Å². The molecule has 0 aliphatic carbocycles. The fraction of sp³-hybridized carbons (Fsp3) is 0.286. The molecule has 0 saturated carbocycles. The third-order valence-corrected chi connectivity index (χ3v) is 3.67. The highest BCUT2D eigenvalue weighted by atomic mass is 35.5. The van der Waals surface area contributed by atoms with Crippen molar-refractivity contribution < 1.29 is 4.79 Å². The number of hydrogen-bond acceptors (Lipinski definition) is 2. The maximum Gasteiger partial charge on any atom is 0.253 e. The molecule has 0 fully saturated rings. The van der Waals surface area contributed by atoms with E-state index >= 15 is 0 Å². The van der Waals surface area contributed by atoms with Crippen LogP contribution in [0.3, 0.4) is 0 Å². The van der Waals surface area contributed by atoms with Crippen LogP contribution in [-0.4, -0.2) is 22.4 Å². The molecular weight excluding hydrogens is 262 g/mol. The number of nitrogens with one attached hydrogen (secondary N) is 2. The zero-order valence-corrected chi connectivity index (χ0v) is 11.5. The van der Waals surface area contributed by atoms with Crippen molar-refractivity contribution in [2.24, 2.45) is 0 Å². The summed E-state index contributed by atoms with van der Waals surface area (Å²) in [5.41, 5.74) is 3.40. The SMILES string of the molecule is CC1(C)CNC(=O)c2cc(-c3ccnc(Cl)c3)[nH]c21. The number of aromatic nitrogens is 2. The third-order valence-electron chi connectivity index (χ3n) is 3.47. The van der Waals surface area contributed by atoms with Crippen LogP contribution in [-0.2, 0) is 5.41 Å². The standard InChI is InChI=1S/C14H14ClN3O/c1-14(2)7-17-13(19)9-6-10(18-12(9)14)8-3-4-16-11(15)5-8/h3-6,18H,7H2,1-2H3,(H,17,19). The first-order chi connectivity index (χ1) is 8.97. The van der Waals surface area contributed by atoms with Crippen LogP contribution in [0.1, 0.15) is 29.9 Å². The molecule has 5 heteroatoms. The van der Waals surface area contributed by atoms with Crippen LogP contribution in [0.2, 0.25) is 5.15 Å². The lowest BCUT2D eigenvalue weighted by molar-refractivity contribution is 0.0929. The van der Waals surface area contributed by atoms with Crippen molar-refractivity contribution in [1.29, 1.82) is 0 Å². The van der Waals surface area contributed by atoms with Gasteiger partial charge in [0.25, 0.3) is 5.91 Å². The van der Waals surface area contributed by atoms with Gasteiger partial charge in [0.15, 0.2) is 0 Å². The zero-order valence-electron chi connectivity index (χ0n) is 10.7. The summed E-state index contributed by atoms with van der Waals surface area (Å²) in [7, 11) is 0. The minimum absolute atomic E-state index is 0.0306. The van der Waals surface area contributed by atoms with Crippen molar-refractivity contribution in [2.75, 3.05) is 6.54 Å². The summed E-state index contributed by atoms with van der Waals surface area (Å²) in [5.74, 6) is -0.0306. The average Bonchev–Trinajstić information content (AvgIpc) is 2.81. The van der Waals surface area contributed by atoms with Gasteiger partial charge in [0, 0.05) is 35.1 Å². The lowest BCUT2D eigenvalue weighted by Gasteiger charge is -2.29. The van der Waals surface area contributed by atoms with Crippen LogP contribution >= 0.6 is 11.6 Å². The molecule has 98 valence electrons. The lowest BCUT2D eigenvalue weighted by atomic mass is 9.84. The number of amides is 1. The largest absolute Gasteiger partial charge is 0.357 e. The molecule has 3 heterocycles. The Labute approximate surface area is 116 Å². The quantitative estimate of drug-likeness (QED) is 0.786. The smallest absolute Gasteiger partial charge is 0.253 e. The van der Waals surface area contributed by atoms with Gasteiger partial charge in [-0.25, -0.2) is 4.98 Å². The number of halogens is 1. The number of carbonyl (C=O) groups excluding carboxylic acids is 1. The molecule has 3 rings (SSSR count). The van der Waals surface area contributed by atoms with E-state index in [0.717, 1.165) is 17.0 Å².